The quantitative estimate of drug-likeness (QED) is 0.103. The van der Waals surface area contributed by atoms with Crippen LogP contribution in [0.3, 0.4) is 0 Å². The normalized spacial score (nSPS) is 11.3. The minimum atomic E-state index is 0.630. The number of aromatic nitrogens is 11. The summed E-state index contributed by atoms with van der Waals surface area (Å²) >= 11 is 3.55. The summed E-state index contributed by atoms with van der Waals surface area (Å²) < 4.78 is 4.71. The molecule has 0 radical (unpaired) electrons. The number of hydrogen-bond acceptors (Lipinski definition) is 13. The Kier molecular flexibility index (Phi) is 17.8. The first kappa shape index (κ1) is 66.3. The maximum Gasteiger partial charge on any atom is 0.165 e. The molecule has 0 fully saturated rings. The van der Waals surface area contributed by atoms with Crippen molar-refractivity contribution in [2.45, 2.75) is 0 Å². The highest BCUT2D eigenvalue weighted by atomic mass is 32.1. The van der Waals surface area contributed by atoms with E-state index in [9.17, 15) is 0 Å². The second-order valence-electron chi connectivity index (χ2n) is 26.4. The zero-order valence-electron chi connectivity index (χ0n) is 59.0. The molecule has 0 aliphatic rings. The molecule has 0 amide bonds. The number of benzene rings is 14. The predicted molar refractivity (Wildman–Crippen MR) is 451 cm³/mol. The van der Waals surface area contributed by atoms with E-state index in [1.165, 1.54) is 31.1 Å². The average molecular weight is 1440 g/mol. The Morgan fingerprint density at radius 1 is 0.155 bits per heavy atom. The van der Waals surface area contributed by atoms with Crippen molar-refractivity contribution in [3.05, 3.63) is 370 Å². The lowest BCUT2D eigenvalue weighted by atomic mass is 9.97. The minimum Gasteiger partial charge on any atom is -0.228 e. The Morgan fingerprint density at radius 3 is 0.655 bits per heavy atom. The van der Waals surface area contributed by atoms with Crippen LogP contribution in [0.25, 0.3) is 199 Å². The summed E-state index contributed by atoms with van der Waals surface area (Å²) in [6.45, 7) is 0. The highest BCUT2D eigenvalue weighted by Gasteiger charge is 2.23. The van der Waals surface area contributed by atoms with Crippen molar-refractivity contribution in [1.82, 2.24) is 54.8 Å². The molecule has 6 heterocycles. The molecule has 0 spiro atoms. The van der Waals surface area contributed by atoms with Gasteiger partial charge in [0.1, 0.15) is 0 Å². The average Bonchev–Trinajstić information content (AvgIpc) is 1.60. The molecule has 0 aliphatic carbocycles. The molecular weight excluding hydrogens is 1380 g/mol. The van der Waals surface area contributed by atoms with Gasteiger partial charge in [-0.05, 0) is 52.6 Å². The smallest absolute Gasteiger partial charge is 0.165 e. The van der Waals surface area contributed by atoms with E-state index in [1.54, 1.807) is 22.7 Å². The highest BCUT2D eigenvalue weighted by Crippen LogP contribution is 2.47. The molecule has 0 unspecified atom stereocenters. The van der Waals surface area contributed by atoms with Gasteiger partial charge in [0.25, 0.3) is 0 Å². The van der Waals surface area contributed by atoms with Crippen LogP contribution >= 0.6 is 22.7 Å². The molecule has 20 rings (SSSR count). The van der Waals surface area contributed by atoms with Gasteiger partial charge in [0.15, 0.2) is 58.2 Å². The van der Waals surface area contributed by atoms with Gasteiger partial charge in [-0.25, -0.2) is 54.8 Å². The lowest BCUT2D eigenvalue weighted by Gasteiger charge is -2.10. The van der Waals surface area contributed by atoms with Crippen LogP contribution in [0, 0.1) is 0 Å². The molecule has 20 aromatic rings. The molecule has 0 N–H and O–H groups in total. The lowest BCUT2D eigenvalue weighted by Crippen LogP contribution is -2.00. The molecule has 13 heteroatoms. The van der Waals surface area contributed by atoms with Crippen LogP contribution in [0.1, 0.15) is 0 Å². The van der Waals surface area contributed by atoms with E-state index in [4.69, 9.17) is 54.8 Å². The van der Waals surface area contributed by atoms with Gasteiger partial charge in [-0.3, -0.25) is 0 Å². The first-order chi connectivity index (χ1) is 54.5. The SMILES string of the molecule is c1ccc(-c2cc(-c3ccccc3)nc(-c3cccc4c3sc3cccc(-c5ccc(-c6nc(-c7ccccc7)nc(-c7ccccc7)n6)cc5)c34)n2)cc1.c1ccc(-c2nc(-c3ccccc3)nc(-c3ccc(-c4cccc5sc6c(-c7nc(-c8ccccc8)nc(-c8ccccc8)n7)cccc6c45)cc3)n2)cc1. The van der Waals surface area contributed by atoms with Crippen LogP contribution in [-0.2, 0) is 0 Å². The standard InChI is InChI=1S/C49H31N5S.C48H30N6S/c1-5-15-33(16-6-1)41-31-42(34-17-7-2-8-18-34)51-49(50-41)40-25-13-24-39-44-38(23-14-26-43(44)55-45(39)40)32-27-29-37(30-28-32)48-53-46(35-19-9-3-10-20-35)52-47(54-48)36-21-11-4-12-22-36;1-5-15-32(16-6-1)43-49-44(33-17-7-2-8-18-33)51-47(50-43)36-29-27-31(28-30-36)37-23-14-26-40-41(37)38-24-13-25-39(42(38)55-40)48-53-45(34-19-9-3-10-20-34)52-46(54-48)35-21-11-4-12-22-35/h1-31H;1-30H. The Bertz CT molecular complexity index is 6080. The van der Waals surface area contributed by atoms with Crippen molar-refractivity contribution < 1.29 is 0 Å². The summed E-state index contributed by atoms with van der Waals surface area (Å²) in [4.78, 5) is 54.8. The summed E-state index contributed by atoms with van der Waals surface area (Å²) in [6.07, 6.45) is 0. The third-order valence-electron chi connectivity index (χ3n) is 19.4. The molecule has 6 aromatic heterocycles. The van der Waals surface area contributed by atoms with Crippen LogP contribution in [0.2, 0.25) is 0 Å². The van der Waals surface area contributed by atoms with Crippen molar-refractivity contribution in [3.8, 4) is 159 Å². The van der Waals surface area contributed by atoms with E-state index in [0.717, 1.165) is 110 Å². The van der Waals surface area contributed by atoms with Crippen molar-refractivity contribution in [2.24, 2.45) is 0 Å². The number of hydrogen-bond donors (Lipinski definition) is 0. The third kappa shape index (κ3) is 13.3. The van der Waals surface area contributed by atoms with E-state index in [-0.39, 0.29) is 0 Å². The van der Waals surface area contributed by atoms with E-state index in [1.807, 2.05) is 218 Å². The van der Waals surface area contributed by atoms with Crippen LogP contribution < -0.4 is 0 Å². The number of rotatable bonds is 14. The van der Waals surface area contributed by atoms with E-state index in [0.29, 0.717) is 58.2 Å². The van der Waals surface area contributed by atoms with Gasteiger partial charge < -0.3 is 0 Å². The van der Waals surface area contributed by atoms with Gasteiger partial charge in [0, 0.05) is 107 Å². The molecule has 0 saturated heterocycles. The second kappa shape index (κ2) is 29.5. The van der Waals surface area contributed by atoms with Crippen molar-refractivity contribution in [2.75, 3.05) is 0 Å². The van der Waals surface area contributed by atoms with E-state index in [2.05, 4.69) is 152 Å². The molecular formula is C97H61N11S2. The van der Waals surface area contributed by atoms with E-state index >= 15 is 0 Å². The monoisotopic (exact) mass is 1440 g/mol. The Hall–Kier alpha value is -14.4. The second-order valence-corrected chi connectivity index (χ2v) is 28.5. The Morgan fingerprint density at radius 2 is 0.373 bits per heavy atom. The van der Waals surface area contributed by atoms with Gasteiger partial charge in [0.2, 0.25) is 0 Å². The summed E-state index contributed by atoms with van der Waals surface area (Å²) in [5, 5.41) is 4.77. The third-order valence-corrected chi connectivity index (χ3v) is 21.8. The summed E-state index contributed by atoms with van der Waals surface area (Å²) in [5.41, 5.74) is 18.0. The van der Waals surface area contributed by atoms with Crippen molar-refractivity contribution in [1.29, 1.82) is 0 Å². The predicted octanol–water partition coefficient (Wildman–Crippen LogP) is 24.8. The molecule has 0 saturated carbocycles. The van der Waals surface area contributed by atoms with Crippen molar-refractivity contribution >= 4 is 63.0 Å². The fraction of sp³-hybridized carbons (Fsp3) is 0. The molecule has 110 heavy (non-hydrogen) atoms. The Labute approximate surface area is 642 Å². The molecule has 0 bridgehead atoms. The van der Waals surface area contributed by atoms with Crippen LogP contribution in [0.4, 0.5) is 0 Å². The molecule has 11 nitrogen and oxygen atoms in total. The van der Waals surface area contributed by atoms with Gasteiger partial charge in [-0.1, -0.05) is 340 Å². The van der Waals surface area contributed by atoms with E-state index < -0.39 is 0 Å². The minimum absolute atomic E-state index is 0.630. The molecule has 0 atom stereocenters. The van der Waals surface area contributed by atoms with Crippen molar-refractivity contribution in [3.63, 3.8) is 0 Å². The zero-order chi connectivity index (χ0) is 73.1. The fourth-order valence-corrected chi connectivity index (χ4v) is 16.5. The largest absolute Gasteiger partial charge is 0.228 e. The first-order valence-corrected chi connectivity index (χ1v) is 37.9. The van der Waals surface area contributed by atoms with Crippen LogP contribution in [0.15, 0.2) is 370 Å². The van der Waals surface area contributed by atoms with Gasteiger partial charge in [0.05, 0.1) is 11.4 Å². The van der Waals surface area contributed by atoms with Crippen LogP contribution in [-0.4, -0.2) is 54.8 Å². The molecule has 516 valence electrons. The summed E-state index contributed by atoms with van der Waals surface area (Å²) in [6, 6.07) is 126. The maximum atomic E-state index is 5.17. The van der Waals surface area contributed by atoms with Crippen LogP contribution in [0.5, 0.6) is 0 Å². The first-order valence-electron chi connectivity index (χ1n) is 36.2. The molecule has 0 aliphatic heterocycles. The zero-order valence-corrected chi connectivity index (χ0v) is 60.6. The fourth-order valence-electron chi connectivity index (χ4n) is 14.0. The number of thiophene rings is 2. The van der Waals surface area contributed by atoms with Gasteiger partial charge >= 0.3 is 0 Å². The molecule has 14 aromatic carbocycles. The summed E-state index contributed by atoms with van der Waals surface area (Å²) in [7, 11) is 0. The highest BCUT2D eigenvalue weighted by molar-refractivity contribution is 7.27. The topological polar surface area (TPSA) is 142 Å². The van der Waals surface area contributed by atoms with Gasteiger partial charge in [-0.15, -0.1) is 22.7 Å². The Balaban J connectivity index is 0.000000149. The maximum absolute atomic E-state index is 5.17. The lowest BCUT2D eigenvalue weighted by molar-refractivity contribution is 1.07. The van der Waals surface area contributed by atoms with Gasteiger partial charge in [-0.2, -0.15) is 0 Å². The number of fused-ring (bicyclic) bond motifs is 6. The number of nitrogens with zero attached hydrogens (tertiary/aromatic N) is 11. The summed E-state index contributed by atoms with van der Waals surface area (Å²) in [5.74, 6) is 6.50.